The molecule has 2 aliphatic carbocycles. The summed E-state index contributed by atoms with van der Waals surface area (Å²) in [7, 11) is 0. The van der Waals surface area contributed by atoms with Crippen LogP contribution in [-0.4, -0.2) is 11.8 Å². The second-order valence-electron chi connectivity index (χ2n) is 9.90. The van der Waals surface area contributed by atoms with Crippen LogP contribution in [0, 0.1) is 44.4 Å². The van der Waals surface area contributed by atoms with Gasteiger partial charge in [-0.05, 0) is 55.2 Å². The summed E-state index contributed by atoms with van der Waals surface area (Å²) in [5.41, 5.74) is 8.86. The molecule has 1 heterocycles. The van der Waals surface area contributed by atoms with E-state index in [9.17, 15) is 9.59 Å². The van der Waals surface area contributed by atoms with Crippen molar-refractivity contribution in [3.05, 3.63) is 118 Å². The summed E-state index contributed by atoms with van der Waals surface area (Å²) in [6.07, 6.45) is 4.32. The molecule has 4 atom stereocenters. The van der Waals surface area contributed by atoms with E-state index in [0.29, 0.717) is 5.69 Å². The average Bonchev–Trinajstić information content (AvgIpc) is 3.47. The van der Waals surface area contributed by atoms with Gasteiger partial charge in [-0.15, -0.1) is 0 Å². The lowest BCUT2D eigenvalue weighted by Gasteiger charge is -2.22. The molecule has 0 radical (unpaired) electrons. The molecule has 3 aliphatic rings. The molecule has 0 N–H and O–H groups in total. The van der Waals surface area contributed by atoms with Crippen LogP contribution < -0.4 is 4.90 Å². The summed E-state index contributed by atoms with van der Waals surface area (Å²) in [4.78, 5) is 28.7. The average molecular weight is 446 g/mol. The molecule has 0 aromatic heterocycles. The maximum Gasteiger partial charge on any atom is 0.238 e. The molecule has 3 aromatic rings. The summed E-state index contributed by atoms with van der Waals surface area (Å²) in [5, 5.41) is 0. The van der Waals surface area contributed by atoms with Gasteiger partial charge in [-0.3, -0.25) is 9.59 Å². The van der Waals surface area contributed by atoms with Crippen molar-refractivity contribution in [3.63, 3.8) is 0 Å². The number of aryl methyl sites for hydroxylation is 3. The highest BCUT2D eigenvalue weighted by Crippen LogP contribution is 2.58. The van der Waals surface area contributed by atoms with Crippen LogP contribution in [-0.2, 0) is 9.59 Å². The van der Waals surface area contributed by atoms with Crippen LogP contribution in [0.3, 0.4) is 0 Å². The summed E-state index contributed by atoms with van der Waals surface area (Å²) in [5.74, 6) is -0.908. The molecule has 1 aliphatic heterocycles. The second kappa shape index (κ2) is 7.66. The van der Waals surface area contributed by atoms with Crippen molar-refractivity contribution in [1.29, 1.82) is 0 Å². The Balaban J connectivity index is 1.48. The Morgan fingerprint density at radius 3 is 1.38 bits per heavy atom. The predicted octanol–water partition coefficient (Wildman–Crippen LogP) is 6.04. The number of imide groups is 1. The van der Waals surface area contributed by atoms with Crippen molar-refractivity contribution >= 4 is 23.1 Å². The van der Waals surface area contributed by atoms with E-state index in [-0.39, 0.29) is 35.5 Å². The van der Waals surface area contributed by atoms with Gasteiger partial charge in [0, 0.05) is 11.8 Å². The van der Waals surface area contributed by atoms with E-state index in [4.69, 9.17) is 0 Å². The Morgan fingerprint density at radius 2 is 0.971 bits per heavy atom. The van der Waals surface area contributed by atoms with Gasteiger partial charge in [-0.25, -0.2) is 4.90 Å². The largest absolute Gasteiger partial charge is 0.274 e. The van der Waals surface area contributed by atoms with E-state index in [1.54, 1.807) is 0 Å². The lowest BCUT2D eigenvalue weighted by atomic mass is 9.85. The third-order valence-electron chi connectivity index (χ3n) is 7.68. The molecule has 2 bridgehead atoms. The minimum atomic E-state index is -0.329. The molecule has 6 rings (SSSR count). The number of fused-ring (bicyclic) bond motifs is 5. The monoisotopic (exact) mass is 445 g/mol. The van der Waals surface area contributed by atoms with Gasteiger partial charge >= 0.3 is 0 Å². The van der Waals surface area contributed by atoms with E-state index in [1.165, 1.54) is 21.6 Å². The lowest BCUT2D eigenvalue weighted by molar-refractivity contribution is -0.122. The Bertz CT molecular complexity index is 1280. The van der Waals surface area contributed by atoms with Gasteiger partial charge in [0.15, 0.2) is 0 Å². The number of nitrogens with zero attached hydrogens (tertiary/aromatic N) is 1. The van der Waals surface area contributed by atoms with Gasteiger partial charge in [-0.1, -0.05) is 89.5 Å². The van der Waals surface area contributed by atoms with Crippen LogP contribution in [0.1, 0.15) is 27.8 Å². The fraction of sp³-hybridized carbons (Fsp3) is 0.226. The number of anilines is 1. The zero-order valence-electron chi connectivity index (χ0n) is 19.7. The second-order valence-corrected chi connectivity index (χ2v) is 9.90. The first-order chi connectivity index (χ1) is 16.4. The molecular formula is C31H27NO2. The van der Waals surface area contributed by atoms with Crippen molar-refractivity contribution < 1.29 is 9.59 Å². The summed E-state index contributed by atoms with van der Waals surface area (Å²) in [6, 6.07) is 24.8. The van der Waals surface area contributed by atoms with Crippen molar-refractivity contribution in [1.82, 2.24) is 0 Å². The first-order valence-electron chi connectivity index (χ1n) is 11.9. The number of hydrogen-bond acceptors (Lipinski definition) is 2. The van der Waals surface area contributed by atoms with Gasteiger partial charge in [-0.2, -0.15) is 0 Å². The van der Waals surface area contributed by atoms with Crippen molar-refractivity contribution in [2.75, 3.05) is 4.90 Å². The van der Waals surface area contributed by atoms with Crippen molar-refractivity contribution in [2.45, 2.75) is 20.8 Å². The summed E-state index contributed by atoms with van der Waals surface area (Å²) < 4.78 is 0. The normalized spacial score (nSPS) is 24.8. The molecule has 0 spiro atoms. The van der Waals surface area contributed by atoms with Gasteiger partial charge in [0.05, 0.1) is 17.5 Å². The van der Waals surface area contributed by atoms with Gasteiger partial charge in [0.2, 0.25) is 11.8 Å². The Labute approximate surface area is 200 Å². The highest BCUT2D eigenvalue weighted by atomic mass is 16.2. The number of allylic oxidation sites excluding steroid dienone is 3. The molecule has 3 aromatic carbocycles. The Kier molecular flexibility index (Phi) is 4.70. The van der Waals surface area contributed by atoms with E-state index in [2.05, 4.69) is 74.5 Å². The molecule has 3 nitrogen and oxygen atoms in total. The molecule has 2 amide bonds. The first kappa shape index (κ1) is 20.9. The Hall–Kier alpha value is -3.72. The molecule has 2 fully saturated rings. The minimum Gasteiger partial charge on any atom is -0.274 e. The van der Waals surface area contributed by atoms with Crippen LogP contribution >= 0.6 is 0 Å². The summed E-state index contributed by atoms with van der Waals surface area (Å²) in [6.45, 7) is 6.18. The van der Waals surface area contributed by atoms with Crippen LogP contribution in [0.15, 0.2) is 90.5 Å². The Morgan fingerprint density at radius 1 is 0.588 bits per heavy atom. The molecule has 1 saturated carbocycles. The van der Waals surface area contributed by atoms with Gasteiger partial charge in [0.25, 0.3) is 0 Å². The smallest absolute Gasteiger partial charge is 0.238 e. The SMILES string of the molecule is Cc1ccc(C(=C2[C@H]3C=C[C@H]2[C@H]2C(=O)N(c4ccc(C)cc4)C(=O)[C@H]23)c2ccc(C)cc2)cc1. The fourth-order valence-corrected chi connectivity index (χ4v) is 5.99. The molecule has 3 heteroatoms. The zero-order valence-corrected chi connectivity index (χ0v) is 19.7. The highest BCUT2D eigenvalue weighted by Gasteiger charge is 2.62. The van der Waals surface area contributed by atoms with Crippen LogP contribution in [0.2, 0.25) is 0 Å². The van der Waals surface area contributed by atoms with E-state index >= 15 is 0 Å². The van der Waals surface area contributed by atoms with Crippen molar-refractivity contribution in [2.24, 2.45) is 23.7 Å². The number of carbonyl (C=O) groups is 2. The van der Waals surface area contributed by atoms with Crippen LogP contribution in [0.4, 0.5) is 5.69 Å². The summed E-state index contributed by atoms with van der Waals surface area (Å²) >= 11 is 0. The maximum atomic E-state index is 13.7. The quantitative estimate of drug-likeness (QED) is 0.364. The third-order valence-corrected chi connectivity index (χ3v) is 7.68. The number of rotatable bonds is 3. The first-order valence-corrected chi connectivity index (χ1v) is 11.9. The van der Waals surface area contributed by atoms with Crippen molar-refractivity contribution in [3.8, 4) is 0 Å². The number of hydrogen-bond donors (Lipinski definition) is 0. The van der Waals surface area contributed by atoms with E-state index in [1.807, 2.05) is 31.2 Å². The van der Waals surface area contributed by atoms with Gasteiger partial charge < -0.3 is 0 Å². The molecule has 1 saturated heterocycles. The predicted molar refractivity (Wildman–Crippen MR) is 135 cm³/mol. The van der Waals surface area contributed by atoms with Crippen LogP contribution in [0.25, 0.3) is 5.57 Å². The highest BCUT2D eigenvalue weighted by molar-refractivity contribution is 6.23. The van der Waals surface area contributed by atoms with Crippen LogP contribution in [0.5, 0.6) is 0 Å². The van der Waals surface area contributed by atoms with E-state index < -0.39 is 0 Å². The molecule has 34 heavy (non-hydrogen) atoms. The topological polar surface area (TPSA) is 37.4 Å². The fourth-order valence-electron chi connectivity index (χ4n) is 5.99. The molecule has 168 valence electrons. The molecular weight excluding hydrogens is 418 g/mol. The van der Waals surface area contributed by atoms with E-state index in [0.717, 1.165) is 22.3 Å². The minimum absolute atomic E-state index is 0.0560. The number of benzene rings is 3. The van der Waals surface area contributed by atoms with Gasteiger partial charge in [0.1, 0.15) is 0 Å². The standard InChI is InChI=1S/C31H27NO2/c1-18-4-10-21(11-5-18)26(22-12-6-19(2)7-13-22)27-24-16-17-25(27)29-28(24)30(33)32(31(29)34)23-14-8-20(3)9-15-23/h4-17,24-25,28-29H,1-3H3/t24-,25-,28-,29+/m1/s1. The maximum absolute atomic E-state index is 13.7. The lowest BCUT2D eigenvalue weighted by Crippen LogP contribution is -2.33. The zero-order chi connectivity index (χ0) is 23.6. The number of carbonyl (C=O) groups excluding carboxylic acids is 2. The number of amides is 2. The molecule has 0 unspecified atom stereocenters. The third kappa shape index (κ3) is 3.03.